The molecule has 0 aliphatic rings. The highest BCUT2D eigenvalue weighted by Crippen LogP contribution is 2.26. The zero-order valence-corrected chi connectivity index (χ0v) is 10.7. The second-order valence-electron chi connectivity index (χ2n) is 3.53. The van der Waals surface area contributed by atoms with Gasteiger partial charge in [-0.3, -0.25) is 0 Å². The Hall–Kier alpha value is -1.20. The molecule has 2 rings (SSSR count). The molecule has 1 heterocycles. The van der Waals surface area contributed by atoms with E-state index >= 15 is 0 Å². The molecule has 0 fully saturated rings. The van der Waals surface area contributed by atoms with Crippen molar-refractivity contribution < 1.29 is 4.52 Å². The van der Waals surface area contributed by atoms with E-state index in [1.54, 1.807) is 0 Å². The lowest BCUT2D eigenvalue weighted by Gasteiger charge is -1.99. The van der Waals surface area contributed by atoms with Gasteiger partial charge in [-0.25, -0.2) is 0 Å². The lowest BCUT2D eigenvalue weighted by atomic mass is 10.1. The van der Waals surface area contributed by atoms with Crippen molar-refractivity contribution in [1.29, 1.82) is 0 Å². The summed E-state index contributed by atoms with van der Waals surface area (Å²) in [5.74, 6) is 1.20. The fraction of sp³-hybridized carbons (Fsp3) is 0.273. The van der Waals surface area contributed by atoms with Crippen molar-refractivity contribution in [3.05, 3.63) is 34.1 Å². The molecule has 1 aromatic heterocycles. The quantitative estimate of drug-likeness (QED) is 0.939. The molecule has 0 spiro atoms. The molecule has 16 heavy (non-hydrogen) atoms. The predicted molar refractivity (Wildman–Crippen MR) is 64.9 cm³/mol. The Kier molecular flexibility index (Phi) is 3.36. The highest BCUT2D eigenvalue weighted by atomic mass is 79.9. The van der Waals surface area contributed by atoms with E-state index in [9.17, 15) is 0 Å². The molecule has 1 aromatic carbocycles. The van der Waals surface area contributed by atoms with E-state index < -0.39 is 0 Å². The van der Waals surface area contributed by atoms with Crippen LogP contribution in [0.2, 0.25) is 0 Å². The van der Waals surface area contributed by atoms with Crippen molar-refractivity contribution in [3.63, 3.8) is 0 Å². The number of halogens is 1. The van der Waals surface area contributed by atoms with E-state index in [1.165, 1.54) is 5.56 Å². The monoisotopic (exact) mass is 281 g/mol. The molecule has 0 atom stereocenters. The molecular weight excluding hydrogens is 270 g/mol. The van der Waals surface area contributed by atoms with Gasteiger partial charge in [0, 0.05) is 10.0 Å². The Bertz CT molecular complexity index is 496. The van der Waals surface area contributed by atoms with Crippen LogP contribution < -0.4 is 5.32 Å². The predicted octanol–water partition coefficient (Wildman–Crippen LogP) is 2.53. The molecule has 0 amide bonds. The number of aromatic nitrogens is 2. The molecule has 1 N–H and O–H groups in total. The third-order valence-corrected chi connectivity index (χ3v) is 2.82. The van der Waals surface area contributed by atoms with Gasteiger partial charge in [0.1, 0.15) is 0 Å². The minimum absolute atomic E-state index is 0.580. The summed E-state index contributed by atoms with van der Waals surface area (Å²) in [7, 11) is 1.84. The summed E-state index contributed by atoms with van der Waals surface area (Å²) in [4.78, 5) is 4.29. The second-order valence-corrected chi connectivity index (χ2v) is 4.38. The van der Waals surface area contributed by atoms with E-state index in [0.29, 0.717) is 18.3 Å². The van der Waals surface area contributed by atoms with E-state index in [1.807, 2.05) is 32.2 Å². The van der Waals surface area contributed by atoms with Crippen molar-refractivity contribution in [1.82, 2.24) is 15.5 Å². The zero-order chi connectivity index (χ0) is 11.5. The van der Waals surface area contributed by atoms with Gasteiger partial charge in [-0.05, 0) is 31.7 Å². The van der Waals surface area contributed by atoms with Gasteiger partial charge < -0.3 is 9.84 Å². The molecule has 84 valence electrons. The number of rotatable bonds is 3. The van der Waals surface area contributed by atoms with Crippen LogP contribution in [-0.4, -0.2) is 17.2 Å². The molecule has 2 aromatic rings. The minimum Gasteiger partial charge on any atom is -0.338 e. The van der Waals surface area contributed by atoms with Gasteiger partial charge in [-0.1, -0.05) is 27.2 Å². The zero-order valence-electron chi connectivity index (χ0n) is 9.12. The Morgan fingerprint density at radius 2 is 2.25 bits per heavy atom. The summed E-state index contributed by atoms with van der Waals surface area (Å²) in [5.41, 5.74) is 2.13. The first kappa shape index (κ1) is 11.3. The van der Waals surface area contributed by atoms with Crippen LogP contribution in [0.25, 0.3) is 11.4 Å². The minimum atomic E-state index is 0.580. The van der Waals surface area contributed by atoms with E-state index in [2.05, 4.69) is 31.4 Å². The molecule has 0 saturated heterocycles. The van der Waals surface area contributed by atoms with Gasteiger partial charge in [0.2, 0.25) is 11.7 Å². The van der Waals surface area contributed by atoms with E-state index in [-0.39, 0.29) is 0 Å². The lowest BCUT2D eigenvalue weighted by molar-refractivity contribution is 0.372. The molecule has 5 heteroatoms. The Morgan fingerprint density at radius 3 is 2.94 bits per heavy atom. The molecule has 0 aliphatic carbocycles. The first-order valence-corrected chi connectivity index (χ1v) is 5.73. The first-order chi connectivity index (χ1) is 7.70. The highest BCUT2D eigenvalue weighted by molar-refractivity contribution is 9.10. The van der Waals surface area contributed by atoms with Crippen LogP contribution in [0.15, 0.2) is 27.2 Å². The first-order valence-electron chi connectivity index (χ1n) is 4.94. The van der Waals surface area contributed by atoms with Gasteiger partial charge in [-0.2, -0.15) is 4.98 Å². The van der Waals surface area contributed by atoms with Gasteiger partial charge in [-0.15, -0.1) is 0 Å². The standard InChI is InChI=1S/C11H12BrN3O/c1-7-3-4-8(9(12)5-7)11-14-10(6-13-2)16-15-11/h3-5,13H,6H2,1-2H3. The smallest absolute Gasteiger partial charge is 0.240 e. The van der Waals surface area contributed by atoms with Crippen molar-refractivity contribution in [2.75, 3.05) is 7.05 Å². The highest BCUT2D eigenvalue weighted by Gasteiger charge is 2.10. The summed E-state index contributed by atoms with van der Waals surface area (Å²) in [6.07, 6.45) is 0. The Balaban J connectivity index is 2.35. The molecular formula is C11H12BrN3O. The van der Waals surface area contributed by atoms with Crippen molar-refractivity contribution in [2.45, 2.75) is 13.5 Å². The number of nitrogens with zero attached hydrogens (tertiary/aromatic N) is 2. The van der Waals surface area contributed by atoms with Crippen molar-refractivity contribution >= 4 is 15.9 Å². The summed E-state index contributed by atoms with van der Waals surface area (Å²) >= 11 is 3.49. The van der Waals surface area contributed by atoms with Gasteiger partial charge in [0.05, 0.1) is 6.54 Å². The number of nitrogens with one attached hydrogen (secondary N) is 1. The summed E-state index contributed by atoms with van der Waals surface area (Å²) in [6.45, 7) is 2.62. The average Bonchev–Trinajstić information content (AvgIpc) is 2.67. The van der Waals surface area contributed by atoms with Crippen LogP contribution in [0, 0.1) is 6.92 Å². The number of hydrogen-bond acceptors (Lipinski definition) is 4. The summed E-state index contributed by atoms with van der Waals surface area (Å²) in [5, 5.41) is 6.90. The van der Waals surface area contributed by atoms with E-state index in [4.69, 9.17) is 4.52 Å². The van der Waals surface area contributed by atoms with Crippen LogP contribution in [0.3, 0.4) is 0 Å². The SMILES string of the molecule is CNCc1nc(-c2ccc(C)cc2Br)no1. The second kappa shape index (κ2) is 4.76. The molecule has 4 nitrogen and oxygen atoms in total. The molecule has 0 unspecified atom stereocenters. The maximum Gasteiger partial charge on any atom is 0.240 e. The van der Waals surface area contributed by atoms with Gasteiger partial charge >= 0.3 is 0 Å². The molecule has 0 aliphatic heterocycles. The topological polar surface area (TPSA) is 51.0 Å². The van der Waals surface area contributed by atoms with Crippen LogP contribution in [0.1, 0.15) is 11.5 Å². The number of benzene rings is 1. The summed E-state index contributed by atoms with van der Waals surface area (Å²) in [6, 6.07) is 6.03. The fourth-order valence-corrected chi connectivity index (χ4v) is 2.06. The van der Waals surface area contributed by atoms with Crippen LogP contribution in [-0.2, 0) is 6.54 Å². The van der Waals surface area contributed by atoms with Gasteiger partial charge in [0.25, 0.3) is 0 Å². The Morgan fingerprint density at radius 1 is 1.44 bits per heavy atom. The number of hydrogen-bond donors (Lipinski definition) is 1. The maximum absolute atomic E-state index is 5.10. The average molecular weight is 282 g/mol. The largest absolute Gasteiger partial charge is 0.338 e. The van der Waals surface area contributed by atoms with Crippen molar-refractivity contribution in [2.24, 2.45) is 0 Å². The van der Waals surface area contributed by atoms with Crippen LogP contribution >= 0.6 is 15.9 Å². The van der Waals surface area contributed by atoms with Crippen LogP contribution in [0.5, 0.6) is 0 Å². The molecule has 0 radical (unpaired) electrons. The maximum atomic E-state index is 5.10. The molecule has 0 bridgehead atoms. The van der Waals surface area contributed by atoms with Gasteiger partial charge in [0.15, 0.2) is 0 Å². The lowest BCUT2D eigenvalue weighted by Crippen LogP contribution is -2.04. The van der Waals surface area contributed by atoms with Crippen molar-refractivity contribution in [3.8, 4) is 11.4 Å². The molecule has 0 saturated carbocycles. The van der Waals surface area contributed by atoms with Crippen LogP contribution in [0.4, 0.5) is 0 Å². The van der Waals surface area contributed by atoms with E-state index in [0.717, 1.165) is 10.0 Å². The third kappa shape index (κ3) is 2.31. The fourth-order valence-electron chi connectivity index (χ4n) is 1.39. The Labute approximate surface area is 102 Å². The normalized spacial score (nSPS) is 10.7. The summed E-state index contributed by atoms with van der Waals surface area (Å²) < 4.78 is 6.08. The number of aryl methyl sites for hydroxylation is 1. The third-order valence-electron chi connectivity index (χ3n) is 2.16.